The van der Waals surface area contributed by atoms with Crippen molar-refractivity contribution < 1.29 is 41.7 Å². The molecule has 2 atom stereocenters. The van der Waals surface area contributed by atoms with Crippen LogP contribution in [-0.2, 0) is 70.2 Å². The number of amides is 2. The van der Waals surface area contributed by atoms with E-state index in [2.05, 4.69) is 131 Å². The van der Waals surface area contributed by atoms with E-state index in [0.29, 0.717) is 70.1 Å². The molecule has 0 fully saturated rings. The molecule has 0 aliphatic rings. The van der Waals surface area contributed by atoms with Crippen LogP contribution in [0.1, 0.15) is 213 Å². The van der Waals surface area contributed by atoms with Crippen molar-refractivity contribution in [2.45, 2.75) is 232 Å². The van der Waals surface area contributed by atoms with Gasteiger partial charge in [0.05, 0.1) is 50.5 Å². The number of nitrogens with one attached hydrogen (secondary N) is 3. The number of anilines is 4. The fraction of sp³-hybridized carbons (Fsp3) is 0.400. The monoisotopic (exact) mass is 2120 g/mol. The molecule has 712 valence electrons. The van der Waals surface area contributed by atoms with Gasteiger partial charge in [0, 0.05) is 100 Å². The van der Waals surface area contributed by atoms with Gasteiger partial charge in [-0.3, -0.25) is 9.59 Å². The minimum atomic E-state index is -3.25. The highest BCUT2D eigenvalue weighted by molar-refractivity contribution is 9.08. The van der Waals surface area contributed by atoms with Crippen LogP contribution < -0.4 is 34.9 Å². The first-order chi connectivity index (χ1) is 62.0. The Kier molecular flexibility index (Phi) is 63.1. The van der Waals surface area contributed by atoms with Crippen molar-refractivity contribution in [3.8, 4) is 23.0 Å². The van der Waals surface area contributed by atoms with Crippen LogP contribution in [0.4, 0.5) is 22.7 Å². The number of hydrogen-bond acceptors (Lipinski definition) is 10. The number of carbonyl (C=O) groups is 3. The van der Waals surface area contributed by atoms with Crippen molar-refractivity contribution in [2.75, 3.05) is 48.8 Å². The third kappa shape index (κ3) is 48.7. The summed E-state index contributed by atoms with van der Waals surface area (Å²) in [6.45, 7) is 27.8. The number of ketones is 1. The van der Waals surface area contributed by atoms with E-state index < -0.39 is 21.9 Å². The predicted molar refractivity (Wildman–Crippen MR) is 570 cm³/mol. The van der Waals surface area contributed by atoms with Gasteiger partial charge in [-0.1, -0.05) is 294 Å². The molecular weight excluding hydrogens is 1990 g/mol. The van der Waals surface area contributed by atoms with Gasteiger partial charge in [0.15, 0.2) is 15.9 Å². The van der Waals surface area contributed by atoms with E-state index in [1.54, 1.807) is 65.5 Å². The van der Waals surface area contributed by atoms with Gasteiger partial charge in [-0.2, -0.15) is 0 Å². The molecule has 0 saturated heterocycles. The Hall–Kier alpha value is -6.38. The standard InChI is InChI=1S/C24H40ClNO4S.C20H24ClNO3.C15H15Cl2N.C9H11ClO.C8H8BrCl.C8H9Br.2C8H8Cl2.C5H10O/c1-4-5-6-7-8-9-10-11-12-13-16-31(28,29)19-20(2)24(27)26-22-14-15-23(30-3)21(17-22)18-25;1-5-17(25-18-8-6-13(2)10-14(18)3)20(23)22-16-7-9-19(24-4)15(11-16)12-21;1-10-3-6-15(11(2)7-10)18-13-4-5-14(17)12(8-13)9-16;1-7-3-4-9(11-2)8(5-7)6-10;1-6-2-3-8(10)7(4-6)5-9;1-7-4-2-3-5-8(7)6-9;2*1-6-2-3-8(10)7(4-6)5-9;1-3-4-5(2)6/h14-15,17,20H,4-13,16,18-19H2,1-3H3,(H,26,27);6-11,17H,5,12H2,1-4H3,(H,22,23);3-8,18H,9H2,1-2H3;3-5H,6H2,1-2H3;2-4H,5H2,1H3;2-5H,6H2,1H3;2*2-4H,5H2,1H3;3-4H2,1-2H3. The molecule has 0 aromatic heterocycles. The summed E-state index contributed by atoms with van der Waals surface area (Å²) in [5, 5.41) is 13.9. The highest BCUT2D eigenvalue weighted by Crippen LogP contribution is 2.31. The number of unbranched alkanes of at least 4 members (excludes halogenated alkanes) is 9. The van der Waals surface area contributed by atoms with Gasteiger partial charge < -0.3 is 39.7 Å². The SMILES string of the molecule is CCC(Oc1ccc(C)cc1C)C(=O)Nc1ccc(OC)c(CCl)c1.CCCC(C)=O.CCCCCCCCCCCCS(=O)(=O)CC(C)C(=O)Nc1ccc(OC)c(CCl)c1.COc1ccc(C)cc1CCl.Cc1ccc(Cl)c(CBr)c1.Cc1ccc(Cl)c(CCl)c1.Cc1ccc(Cl)c(CCl)c1.Cc1ccc(Nc2ccc(Cl)c(CCl)c2)c(C)c1.Cc1ccccc1CBr. The topological polar surface area (TPSA) is 158 Å². The van der Waals surface area contributed by atoms with Gasteiger partial charge in [-0.25, -0.2) is 8.42 Å². The van der Waals surface area contributed by atoms with Crippen LogP contribution in [0.5, 0.6) is 23.0 Å². The molecule has 10 aromatic rings. The third-order valence-electron chi connectivity index (χ3n) is 19.9. The molecule has 0 aliphatic heterocycles. The molecule has 2 amide bonds. The number of ether oxygens (including phenoxy) is 4. The first kappa shape index (κ1) is 120. The van der Waals surface area contributed by atoms with Gasteiger partial charge in [-0.15, -0.1) is 69.6 Å². The lowest BCUT2D eigenvalue weighted by atomic mass is 10.1. The molecule has 3 N–H and O–H groups in total. The second kappa shape index (κ2) is 68.6. The molecule has 10 aromatic carbocycles. The second-order valence-electron chi connectivity index (χ2n) is 31.3. The number of hydrogen-bond donors (Lipinski definition) is 3. The van der Waals surface area contributed by atoms with Gasteiger partial charge in [0.1, 0.15) is 28.8 Å². The van der Waals surface area contributed by atoms with Gasteiger partial charge in [0.2, 0.25) is 5.91 Å². The number of aryl methyl sites for hydroxylation is 9. The van der Waals surface area contributed by atoms with E-state index in [4.69, 9.17) is 135 Å². The number of rotatable bonds is 35. The smallest absolute Gasteiger partial charge is 0.265 e. The van der Waals surface area contributed by atoms with Gasteiger partial charge in [0.25, 0.3) is 5.91 Å². The summed E-state index contributed by atoms with van der Waals surface area (Å²) in [7, 11) is 1.55. The second-order valence-corrected chi connectivity index (χ2v) is 37.9. The predicted octanol–water partition coefficient (Wildman–Crippen LogP) is 34.0. The number of carbonyl (C=O) groups excluding carboxylic acids is 3. The average Bonchev–Trinajstić information content (AvgIpc) is 0.847. The van der Waals surface area contributed by atoms with Crippen molar-refractivity contribution in [2.24, 2.45) is 5.92 Å². The molecule has 25 heteroatoms. The quantitative estimate of drug-likeness (QED) is 0.0258. The largest absolute Gasteiger partial charge is 0.496 e. The zero-order chi connectivity index (χ0) is 97.3. The van der Waals surface area contributed by atoms with Crippen LogP contribution in [0.15, 0.2) is 188 Å². The molecule has 12 nitrogen and oxygen atoms in total. The number of alkyl halides is 8. The maximum atomic E-state index is 12.6. The number of benzene rings is 10. The Bertz CT molecular complexity index is 5000. The number of methoxy groups -OCH3 is 3. The molecule has 2 unspecified atom stereocenters. The summed E-state index contributed by atoms with van der Waals surface area (Å²) < 4.78 is 46.3. The molecule has 0 bridgehead atoms. The van der Waals surface area contributed by atoms with E-state index in [0.717, 1.165) is 124 Å². The van der Waals surface area contributed by atoms with Crippen LogP contribution in [0.25, 0.3) is 0 Å². The van der Waals surface area contributed by atoms with Crippen molar-refractivity contribution in [3.05, 3.63) is 303 Å². The van der Waals surface area contributed by atoms with E-state index in [1.165, 1.54) is 89.5 Å². The number of halogens is 12. The van der Waals surface area contributed by atoms with E-state index in [-0.39, 0.29) is 35.0 Å². The van der Waals surface area contributed by atoms with E-state index in [9.17, 15) is 22.8 Å². The zero-order valence-electron chi connectivity index (χ0n) is 78.4. The molecule has 0 aliphatic carbocycles. The third-order valence-corrected chi connectivity index (χ3v) is 26.2. The van der Waals surface area contributed by atoms with Crippen LogP contribution in [0.2, 0.25) is 20.1 Å². The Morgan fingerprint density at radius 2 is 0.731 bits per heavy atom. The van der Waals surface area contributed by atoms with Crippen molar-refractivity contribution in [3.63, 3.8) is 0 Å². The molecule has 10 rings (SSSR count). The van der Waals surface area contributed by atoms with Crippen LogP contribution in [-0.4, -0.2) is 65.0 Å². The molecular formula is C105H133Br2Cl10N3O9S. The molecule has 0 heterocycles. The summed E-state index contributed by atoms with van der Waals surface area (Å²) in [6.07, 6.45) is 13.3. The molecule has 0 spiro atoms. The lowest BCUT2D eigenvalue weighted by molar-refractivity contribution is -0.123. The zero-order valence-corrected chi connectivity index (χ0v) is 90.0. The number of sulfone groups is 1. The van der Waals surface area contributed by atoms with Crippen LogP contribution >= 0.6 is 148 Å². The minimum Gasteiger partial charge on any atom is -0.496 e. The Balaban J connectivity index is 0.000000519. The maximum absolute atomic E-state index is 12.6. The summed E-state index contributed by atoms with van der Waals surface area (Å²) in [5.74, 6) is 4.61. The average molecular weight is 2130 g/mol. The van der Waals surface area contributed by atoms with E-state index >= 15 is 0 Å². The summed E-state index contributed by atoms with van der Waals surface area (Å²) >= 11 is 64.9. The number of Topliss-reactive ketones (excluding diaryl/α,β-unsaturated/α-hetero) is 1. The molecule has 130 heavy (non-hydrogen) atoms. The maximum Gasteiger partial charge on any atom is 0.265 e. The first-order valence-corrected chi connectivity index (χ1v) is 52.2. The highest BCUT2D eigenvalue weighted by atomic mass is 79.9. The fourth-order valence-corrected chi connectivity index (χ4v) is 17.8. The Labute approximate surface area is 844 Å². The Morgan fingerprint density at radius 1 is 0.377 bits per heavy atom. The summed E-state index contributed by atoms with van der Waals surface area (Å²) in [4.78, 5) is 35.1. The minimum absolute atomic E-state index is 0.130. The molecule has 0 radical (unpaired) electrons. The van der Waals surface area contributed by atoms with Crippen molar-refractivity contribution in [1.29, 1.82) is 0 Å². The normalized spacial score (nSPS) is 10.8. The lowest BCUT2D eigenvalue weighted by Gasteiger charge is -2.19. The van der Waals surface area contributed by atoms with Gasteiger partial charge in [-0.05, 0) is 224 Å². The Morgan fingerprint density at radius 3 is 1.12 bits per heavy atom. The van der Waals surface area contributed by atoms with E-state index in [1.807, 2.05) is 158 Å². The summed E-state index contributed by atoms with van der Waals surface area (Å²) in [5.41, 5.74) is 22.3. The van der Waals surface area contributed by atoms with Crippen LogP contribution in [0.3, 0.4) is 0 Å². The lowest BCUT2D eigenvalue weighted by Crippen LogP contribution is -2.32. The van der Waals surface area contributed by atoms with Crippen molar-refractivity contribution in [1.82, 2.24) is 0 Å². The van der Waals surface area contributed by atoms with Gasteiger partial charge >= 0.3 is 0 Å². The molecule has 0 saturated carbocycles. The highest BCUT2D eigenvalue weighted by Gasteiger charge is 2.23. The fourth-order valence-electron chi connectivity index (χ4n) is 12.6. The summed E-state index contributed by atoms with van der Waals surface area (Å²) in [6, 6.07) is 60.7. The first-order valence-electron chi connectivity index (χ1n) is 43.4. The van der Waals surface area contributed by atoms with Crippen LogP contribution in [0, 0.1) is 68.2 Å². The van der Waals surface area contributed by atoms with Crippen molar-refractivity contribution >= 4 is 198 Å².